The highest BCUT2D eigenvalue weighted by Crippen LogP contribution is 2.56. The molecule has 0 amide bonds. The Hall–Kier alpha value is -13.4. The maximum absolute atomic E-state index is 2.54. The molecule has 0 saturated heterocycles. The van der Waals surface area contributed by atoms with Gasteiger partial charge in [-0.25, -0.2) is 0 Å². The molecule has 0 atom stereocenters. The quantitative estimate of drug-likeness (QED) is 0.114. The summed E-state index contributed by atoms with van der Waals surface area (Å²) in [6.07, 6.45) is 0. The van der Waals surface area contributed by atoms with E-state index in [0.29, 0.717) is 0 Å². The molecule has 18 aromatic carbocycles. The molecule has 0 bridgehead atoms. The van der Waals surface area contributed by atoms with E-state index in [-0.39, 0.29) is 5.41 Å². The van der Waals surface area contributed by atoms with E-state index >= 15 is 0 Å². The Morgan fingerprint density at radius 3 is 1.29 bits per heavy atom. The van der Waals surface area contributed by atoms with Crippen molar-refractivity contribution in [1.29, 1.82) is 0 Å². The molecule has 8 heteroatoms. The summed E-state index contributed by atoms with van der Waals surface area (Å²) >= 11 is 7.52. The second kappa shape index (κ2) is 28.0. The van der Waals surface area contributed by atoms with Gasteiger partial charge >= 0.3 is 0 Å². The van der Waals surface area contributed by atoms with Crippen molar-refractivity contribution in [2.24, 2.45) is 0 Å². The highest BCUT2D eigenvalue weighted by atomic mass is 32.1. The molecular formula is C107H72N4S4. The van der Waals surface area contributed by atoms with Crippen LogP contribution in [0.25, 0.3) is 124 Å². The summed E-state index contributed by atoms with van der Waals surface area (Å²) < 4.78 is 10.3. The van der Waals surface area contributed by atoms with Crippen LogP contribution in [-0.2, 0) is 5.41 Å². The van der Waals surface area contributed by atoms with Crippen molar-refractivity contribution in [2.75, 3.05) is 19.6 Å². The highest BCUT2D eigenvalue weighted by Gasteiger charge is 2.37. The van der Waals surface area contributed by atoms with Crippen LogP contribution in [0, 0.1) is 0 Å². The fraction of sp³-hybridized carbons (Fsp3) is 0.0280. The molecule has 0 N–H and O–H groups in total. The van der Waals surface area contributed by atoms with E-state index in [2.05, 4.69) is 434 Å². The monoisotopic (exact) mass is 1540 g/mol. The first-order valence-corrected chi connectivity index (χ1v) is 42.5. The van der Waals surface area contributed by atoms with Gasteiger partial charge in [-0.1, -0.05) is 257 Å². The number of para-hydroxylation sites is 5. The van der Waals surface area contributed by atoms with E-state index in [4.69, 9.17) is 0 Å². The number of anilines is 12. The molecule has 1 aliphatic carbocycles. The average Bonchev–Trinajstić information content (AvgIpc) is 1.59. The normalized spacial score (nSPS) is 12.3. The Morgan fingerprint density at radius 2 is 0.643 bits per heavy atom. The van der Waals surface area contributed by atoms with Crippen LogP contribution in [0.3, 0.4) is 0 Å². The summed E-state index contributed by atoms with van der Waals surface area (Å²) in [5.74, 6) is 0. The average molecular weight is 1540 g/mol. The minimum atomic E-state index is -0.146. The predicted octanol–water partition coefficient (Wildman–Crippen LogP) is 33.0. The number of thiophene rings is 4. The maximum atomic E-state index is 2.54. The molecule has 0 aliphatic heterocycles. The van der Waals surface area contributed by atoms with Gasteiger partial charge in [-0.15, -0.1) is 45.3 Å². The highest BCUT2D eigenvalue weighted by molar-refractivity contribution is 7.27. The second-order valence-electron chi connectivity index (χ2n) is 30.2. The zero-order valence-electron chi connectivity index (χ0n) is 63.0. The van der Waals surface area contributed by atoms with Crippen molar-refractivity contribution in [1.82, 2.24) is 0 Å². The third-order valence-electron chi connectivity index (χ3n) is 23.2. The van der Waals surface area contributed by atoms with Crippen LogP contribution < -0.4 is 19.6 Å². The Balaban J connectivity index is 0.000000141. The van der Waals surface area contributed by atoms with Gasteiger partial charge < -0.3 is 19.6 Å². The summed E-state index contributed by atoms with van der Waals surface area (Å²) in [5.41, 5.74) is 21.4. The fourth-order valence-electron chi connectivity index (χ4n) is 18.0. The molecular weight excluding hydrogens is 1470 g/mol. The van der Waals surface area contributed by atoms with Gasteiger partial charge in [0.1, 0.15) is 0 Å². The van der Waals surface area contributed by atoms with E-state index in [1.54, 1.807) is 0 Å². The number of hydrogen-bond donors (Lipinski definition) is 0. The number of nitrogens with zero attached hydrogens (tertiary/aromatic N) is 4. The third kappa shape index (κ3) is 11.6. The molecule has 4 heterocycles. The Labute approximate surface area is 683 Å². The lowest BCUT2D eigenvalue weighted by Gasteiger charge is -2.29. The van der Waals surface area contributed by atoms with E-state index in [0.717, 1.165) is 45.5 Å². The molecule has 22 aromatic rings. The molecule has 0 fully saturated rings. The topological polar surface area (TPSA) is 13.0 Å². The smallest absolute Gasteiger partial charge is 0.0646 e. The van der Waals surface area contributed by atoms with Crippen molar-refractivity contribution < 1.29 is 0 Å². The lowest BCUT2D eigenvalue weighted by molar-refractivity contribution is 0.660. The number of fused-ring (bicyclic) bond motifs is 19. The molecule has 0 unspecified atom stereocenters. The van der Waals surface area contributed by atoms with Crippen molar-refractivity contribution >= 4 is 216 Å². The summed E-state index contributed by atoms with van der Waals surface area (Å²) in [5, 5.41) is 15.3. The van der Waals surface area contributed by atoms with Crippen molar-refractivity contribution in [3.8, 4) is 22.3 Å². The Bertz CT molecular complexity index is 7440. The van der Waals surface area contributed by atoms with Crippen LogP contribution in [-0.4, -0.2) is 0 Å². The molecule has 1 aliphatic rings. The molecule has 0 spiro atoms. The van der Waals surface area contributed by atoms with E-state index in [1.807, 2.05) is 45.3 Å². The molecule has 0 saturated carbocycles. The first kappa shape index (κ1) is 68.4. The molecule has 4 nitrogen and oxygen atoms in total. The second-order valence-corrected chi connectivity index (χ2v) is 34.5. The first-order chi connectivity index (χ1) is 56.8. The van der Waals surface area contributed by atoms with E-state index in [9.17, 15) is 0 Å². The van der Waals surface area contributed by atoms with Crippen LogP contribution in [0.4, 0.5) is 68.2 Å². The van der Waals surface area contributed by atoms with Gasteiger partial charge in [0.25, 0.3) is 0 Å². The molecule has 23 rings (SSSR count). The standard InChI is InChI=1S/C57H40N2S2.C50H32N2S2/c1-57(2)48-25-14-12-23-43(48)44-31-29-42(36-49(44)57)59(51-34-38(37-17-6-3-7-18-37)33-46-45-24-13-15-27-52(45)61-56(46)51)41-30-32-53-47(35-41)55-50(26-16-28-54(55)60-53)58(39-19-8-4-9-20-39)40-21-10-5-11-22-40;1-4-17-34(18-5-1)51(35-19-6-2-7-20-35)44-30-33-16-10-11-23-38(33)50-49(44)42-31-37(28-29-46(42)54-50)52(36-21-8-3-9-22-36)43-32-47-48(40-25-13-12-24-39(40)43)41-26-14-15-27-45(41)53-47/h3-36H,1-2H3;1-32H. The van der Waals surface area contributed by atoms with Gasteiger partial charge in [0, 0.05) is 132 Å². The first-order valence-electron chi connectivity index (χ1n) is 39.2. The largest absolute Gasteiger partial charge is 0.310 e. The minimum absolute atomic E-state index is 0.146. The van der Waals surface area contributed by atoms with Crippen molar-refractivity contribution in [3.63, 3.8) is 0 Å². The van der Waals surface area contributed by atoms with Crippen LogP contribution >= 0.6 is 45.3 Å². The number of hydrogen-bond acceptors (Lipinski definition) is 8. The van der Waals surface area contributed by atoms with Gasteiger partial charge in [0.05, 0.1) is 27.4 Å². The fourth-order valence-corrected chi connectivity index (χ4v) is 22.7. The summed E-state index contributed by atoms with van der Waals surface area (Å²) in [6.45, 7) is 4.75. The van der Waals surface area contributed by atoms with Gasteiger partial charge in [-0.3, -0.25) is 0 Å². The number of rotatable bonds is 13. The van der Waals surface area contributed by atoms with E-state index < -0.39 is 0 Å². The zero-order chi connectivity index (χ0) is 76.2. The summed E-state index contributed by atoms with van der Waals surface area (Å²) in [4.78, 5) is 9.83. The van der Waals surface area contributed by atoms with Crippen LogP contribution in [0.2, 0.25) is 0 Å². The Kier molecular flexibility index (Phi) is 16.7. The van der Waals surface area contributed by atoms with Crippen molar-refractivity contribution in [2.45, 2.75) is 19.3 Å². The van der Waals surface area contributed by atoms with Crippen LogP contribution in [0.15, 0.2) is 400 Å². The van der Waals surface area contributed by atoms with E-state index in [1.165, 1.54) is 158 Å². The third-order valence-corrected chi connectivity index (χ3v) is 27.9. The van der Waals surface area contributed by atoms with Gasteiger partial charge in [0.2, 0.25) is 0 Å². The van der Waals surface area contributed by atoms with Gasteiger partial charge in [-0.2, -0.15) is 0 Å². The number of benzene rings is 18. The maximum Gasteiger partial charge on any atom is 0.0646 e. The van der Waals surface area contributed by atoms with Gasteiger partial charge in [0.15, 0.2) is 0 Å². The van der Waals surface area contributed by atoms with Crippen LogP contribution in [0.5, 0.6) is 0 Å². The summed E-state index contributed by atoms with van der Waals surface area (Å²) in [6, 6.07) is 147. The van der Waals surface area contributed by atoms with Gasteiger partial charge in [-0.05, 0) is 207 Å². The minimum Gasteiger partial charge on any atom is -0.310 e. The van der Waals surface area contributed by atoms with Crippen molar-refractivity contribution in [3.05, 3.63) is 412 Å². The Morgan fingerprint density at radius 1 is 0.200 bits per heavy atom. The lowest BCUT2D eigenvalue weighted by atomic mass is 9.82. The van der Waals surface area contributed by atoms with Crippen LogP contribution in [0.1, 0.15) is 25.0 Å². The summed E-state index contributed by atoms with van der Waals surface area (Å²) in [7, 11) is 0. The molecule has 4 aromatic heterocycles. The zero-order valence-corrected chi connectivity index (χ0v) is 66.3. The predicted molar refractivity (Wildman–Crippen MR) is 501 cm³/mol. The SMILES string of the molecule is CC1(C)c2ccccc2-c2ccc(N(c3ccc4sc5cccc(N(c6ccccc6)c6ccccc6)c5c4c3)c3cc(-c4ccccc4)cc4c3sc3ccccc34)cc21.c1ccc(N(c2ccc3sc4c5ccccc5cc(N(c5ccccc5)c5ccccc5)c4c3c2)c2cc3sc4ccccc4c3c3ccccc23)cc1. The molecule has 544 valence electrons. The molecule has 115 heavy (non-hydrogen) atoms. The molecule has 0 radical (unpaired) electrons. The lowest BCUT2D eigenvalue weighted by Crippen LogP contribution is -2.16.